The highest BCUT2D eigenvalue weighted by atomic mass is 79.9. The van der Waals surface area contributed by atoms with Crippen LogP contribution in [0.1, 0.15) is 18.2 Å². The Kier molecular flexibility index (Phi) is 5.37. The molecule has 0 fully saturated rings. The zero-order valence-electron chi connectivity index (χ0n) is 11.7. The summed E-state index contributed by atoms with van der Waals surface area (Å²) in [4.78, 5) is 4.34. The quantitative estimate of drug-likeness (QED) is 0.795. The van der Waals surface area contributed by atoms with Crippen LogP contribution in [0.5, 0.6) is 0 Å². The molecule has 0 aliphatic heterocycles. The van der Waals surface area contributed by atoms with Crippen molar-refractivity contribution >= 4 is 42.4 Å². The van der Waals surface area contributed by atoms with Gasteiger partial charge in [0.2, 0.25) is 0 Å². The lowest BCUT2D eigenvalue weighted by atomic mass is 10.2. The Bertz CT molecular complexity index is 729. The molecule has 0 unspecified atom stereocenters. The maximum absolute atomic E-state index is 12.5. The summed E-state index contributed by atoms with van der Waals surface area (Å²) < 4.78 is 28.0. The summed E-state index contributed by atoms with van der Waals surface area (Å²) in [5, 5.41) is 5.35. The van der Waals surface area contributed by atoms with E-state index in [1.54, 1.807) is 17.5 Å². The number of nitrogens with zero attached hydrogens (tertiary/aromatic N) is 1. The van der Waals surface area contributed by atoms with Gasteiger partial charge in [0.1, 0.15) is 4.90 Å². The summed E-state index contributed by atoms with van der Waals surface area (Å²) in [7, 11) is -3.65. The van der Waals surface area contributed by atoms with Crippen LogP contribution in [0.15, 0.2) is 32.9 Å². The zero-order chi connectivity index (χ0) is 15.5. The van der Waals surface area contributed by atoms with Gasteiger partial charge < -0.3 is 5.32 Å². The molecule has 1 aromatic carbocycles. The number of sulfonamides is 1. The first-order chi connectivity index (χ1) is 9.92. The topological polar surface area (TPSA) is 71.1 Å². The normalized spacial score (nSPS) is 11.6. The maximum Gasteiger partial charge on any atom is 0.264 e. The third-order valence-electron chi connectivity index (χ3n) is 2.70. The molecule has 0 saturated carbocycles. The zero-order valence-corrected chi connectivity index (χ0v) is 14.9. The van der Waals surface area contributed by atoms with E-state index in [2.05, 4.69) is 31.0 Å². The van der Waals surface area contributed by atoms with Crippen molar-refractivity contribution < 1.29 is 8.42 Å². The molecule has 2 rings (SSSR count). The van der Waals surface area contributed by atoms with E-state index in [0.717, 1.165) is 17.8 Å². The van der Waals surface area contributed by atoms with Crippen LogP contribution in [0.4, 0.5) is 5.13 Å². The van der Waals surface area contributed by atoms with Gasteiger partial charge in [-0.05, 0) is 47.1 Å². The number of aryl methyl sites for hydroxylation is 1. The SMILES string of the molecule is CCNCc1ccc(Br)c(S(=O)(=O)Nc2nc(C)cs2)c1. The number of rotatable bonds is 6. The fourth-order valence-corrected chi connectivity index (χ4v) is 4.66. The van der Waals surface area contributed by atoms with Gasteiger partial charge in [-0.1, -0.05) is 13.0 Å². The molecule has 0 aliphatic carbocycles. The molecule has 5 nitrogen and oxygen atoms in total. The molecule has 0 radical (unpaired) electrons. The number of aromatic nitrogens is 1. The Morgan fingerprint density at radius 2 is 2.14 bits per heavy atom. The fraction of sp³-hybridized carbons (Fsp3) is 0.308. The molecule has 2 N–H and O–H groups in total. The number of halogens is 1. The van der Waals surface area contributed by atoms with Crippen LogP contribution in [0, 0.1) is 6.92 Å². The number of hydrogen-bond acceptors (Lipinski definition) is 5. The lowest BCUT2D eigenvalue weighted by Gasteiger charge is -2.10. The minimum absolute atomic E-state index is 0.214. The number of benzene rings is 1. The third-order valence-corrected chi connectivity index (χ3v) is 6.04. The van der Waals surface area contributed by atoms with Crippen molar-refractivity contribution in [2.45, 2.75) is 25.3 Å². The second kappa shape index (κ2) is 6.87. The number of anilines is 1. The highest BCUT2D eigenvalue weighted by Gasteiger charge is 2.19. The summed E-state index contributed by atoms with van der Waals surface area (Å²) in [6, 6.07) is 5.29. The van der Waals surface area contributed by atoms with Gasteiger partial charge in [-0.3, -0.25) is 4.72 Å². The molecule has 0 spiro atoms. The first kappa shape index (κ1) is 16.4. The summed E-state index contributed by atoms with van der Waals surface area (Å²) in [6.45, 7) is 5.28. The molecule has 1 heterocycles. The van der Waals surface area contributed by atoms with E-state index in [1.165, 1.54) is 11.3 Å². The van der Waals surface area contributed by atoms with Crippen molar-refractivity contribution in [2.24, 2.45) is 0 Å². The van der Waals surface area contributed by atoms with Crippen LogP contribution >= 0.6 is 27.3 Å². The molecule has 0 bridgehead atoms. The maximum atomic E-state index is 12.5. The van der Waals surface area contributed by atoms with E-state index in [1.807, 2.05) is 19.9 Å². The summed E-state index contributed by atoms with van der Waals surface area (Å²) >= 11 is 4.56. The predicted molar refractivity (Wildman–Crippen MR) is 89.2 cm³/mol. The van der Waals surface area contributed by atoms with Gasteiger partial charge in [-0.15, -0.1) is 11.3 Å². The van der Waals surface area contributed by atoms with Crippen LogP contribution in [-0.4, -0.2) is 19.9 Å². The Balaban J connectivity index is 2.30. The minimum Gasteiger partial charge on any atom is -0.313 e. The van der Waals surface area contributed by atoms with E-state index in [-0.39, 0.29) is 4.90 Å². The highest BCUT2D eigenvalue weighted by Crippen LogP contribution is 2.26. The Morgan fingerprint density at radius 1 is 1.38 bits per heavy atom. The van der Waals surface area contributed by atoms with Crippen molar-refractivity contribution in [3.8, 4) is 0 Å². The molecule has 8 heteroatoms. The van der Waals surface area contributed by atoms with Gasteiger partial charge in [0.05, 0.1) is 5.69 Å². The van der Waals surface area contributed by atoms with Crippen LogP contribution in [0.2, 0.25) is 0 Å². The van der Waals surface area contributed by atoms with E-state index >= 15 is 0 Å². The van der Waals surface area contributed by atoms with Crippen LogP contribution in [0.3, 0.4) is 0 Å². The summed E-state index contributed by atoms with van der Waals surface area (Å²) in [5.74, 6) is 0. The first-order valence-electron chi connectivity index (χ1n) is 6.36. The number of thiazole rings is 1. The molecule has 21 heavy (non-hydrogen) atoms. The van der Waals surface area contributed by atoms with Gasteiger partial charge in [0, 0.05) is 16.4 Å². The van der Waals surface area contributed by atoms with E-state index < -0.39 is 10.0 Å². The average Bonchev–Trinajstić information content (AvgIpc) is 2.82. The first-order valence-corrected chi connectivity index (χ1v) is 9.52. The summed E-state index contributed by atoms with van der Waals surface area (Å²) in [6.07, 6.45) is 0. The molecule has 2 aromatic rings. The molecular weight excluding hydrogens is 374 g/mol. The molecule has 114 valence electrons. The standard InChI is InChI=1S/C13H16BrN3O2S2/c1-3-15-7-10-4-5-11(14)12(6-10)21(18,19)17-13-16-9(2)8-20-13/h4-6,8,15H,3,7H2,1-2H3,(H,16,17). The second-order valence-corrected chi connectivity index (χ2v) is 7.81. The van der Waals surface area contributed by atoms with E-state index in [0.29, 0.717) is 16.1 Å². The third kappa shape index (κ3) is 4.26. The van der Waals surface area contributed by atoms with Gasteiger partial charge >= 0.3 is 0 Å². The van der Waals surface area contributed by atoms with Crippen molar-refractivity contribution in [1.29, 1.82) is 0 Å². The molecule has 0 amide bonds. The van der Waals surface area contributed by atoms with Gasteiger partial charge in [0.25, 0.3) is 10.0 Å². The molecule has 0 saturated heterocycles. The molecular formula is C13H16BrN3O2S2. The largest absolute Gasteiger partial charge is 0.313 e. The molecule has 0 atom stereocenters. The molecule has 1 aromatic heterocycles. The second-order valence-electron chi connectivity index (χ2n) is 4.44. The Hall–Kier alpha value is -0.960. The Labute approximate surface area is 137 Å². The lowest BCUT2D eigenvalue weighted by Crippen LogP contribution is -2.15. The van der Waals surface area contributed by atoms with E-state index in [4.69, 9.17) is 0 Å². The smallest absolute Gasteiger partial charge is 0.264 e. The van der Waals surface area contributed by atoms with E-state index in [9.17, 15) is 8.42 Å². The predicted octanol–water partition coefficient (Wildman–Crippen LogP) is 3.12. The van der Waals surface area contributed by atoms with Gasteiger partial charge in [-0.2, -0.15) is 0 Å². The van der Waals surface area contributed by atoms with Crippen molar-refractivity contribution in [3.05, 3.63) is 39.3 Å². The van der Waals surface area contributed by atoms with Crippen LogP contribution in [0.25, 0.3) is 0 Å². The van der Waals surface area contributed by atoms with Gasteiger partial charge in [-0.25, -0.2) is 13.4 Å². The van der Waals surface area contributed by atoms with Crippen molar-refractivity contribution in [3.63, 3.8) is 0 Å². The average molecular weight is 390 g/mol. The van der Waals surface area contributed by atoms with Crippen LogP contribution < -0.4 is 10.0 Å². The molecule has 0 aliphatic rings. The lowest BCUT2D eigenvalue weighted by molar-refractivity contribution is 0.600. The van der Waals surface area contributed by atoms with Crippen LogP contribution in [-0.2, 0) is 16.6 Å². The monoisotopic (exact) mass is 389 g/mol. The van der Waals surface area contributed by atoms with Gasteiger partial charge in [0.15, 0.2) is 5.13 Å². The number of hydrogen-bond donors (Lipinski definition) is 2. The fourth-order valence-electron chi connectivity index (χ4n) is 1.70. The number of nitrogens with one attached hydrogen (secondary N) is 2. The summed E-state index contributed by atoms with van der Waals surface area (Å²) in [5.41, 5.74) is 1.70. The van der Waals surface area contributed by atoms with Crippen molar-refractivity contribution in [2.75, 3.05) is 11.3 Å². The Morgan fingerprint density at radius 3 is 2.76 bits per heavy atom. The van der Waals surface area contributed by atoms with Crippen molar-refractivity contribution in [1.82, 2.24) is 10.3 Å². The highest BCUT2D eigenvalue weighted by molar-refractivity contribution is 9.10. The minimum atomic E-state index is -3.65.